The van der Waals surface area contributed by atoms with Gasteiger partial charge in [0, 0.05) is 30.9 Å². The molecule has 2 unspecified atom stereocenters. The highest BCUT2D eigenvalue weighted by Gasteiger charge is 2.41. The van der Waals surface area contributed by atoms with Gasteiger partial charge in [-0.15, -0.1) is 0 Å². The Bertz CT molecular complexity index is 1080. The zero-order valence-electron chi connectivity index (χ0n) is 16.4. The summed E-state index contributed by atoms with van der Waals surface area (Å²) in [5.41, 5.74) is 2.40. The predicted octanol–water partition coefficient (Wildman–Crippen LogP) is 2.23. The topological polar surface area (TPSA) is 96.4 Å². The van der Waals surface area contributed by atoms with Gasteiger partial charge in [-0.2, -0.15) is 0 Å². The van der Waals surface area contributed by atoms with Crippen LogP contribution in [0.2, 0.25) is 0 Å². The molecule has 30 heavy (non-hydrogen) atoms. The van der Waals surface area contributed by atoms with Crippen LogP contribution in [0.25, 0.3) is 12.2 Å². The maximum absolute atomic E-state index is 12.7. The summed E-state index contributed by atoms with van der Waals surface area (Å²) < 4.78 is 23.4. The number of carbonyl (C=O) groups is 2. The average molecular weight is 426 g/mol. The second-order valence-corrected chi connectivity index (χ2v) is 9.94. The number of rotatable bonds is 5. The number of hydrogen-bond acceptors (Lipinski definition) is 5. The van der Waals surface area contributed by atoms with Crippen molar-refractivity contribution in [3.8, 4) is 0 Å². The zero-order chi connectivity index (χ0) is 21.1. The van der Waals surface area contributed by atoms with E-state index < -0.39 is 15.8 Å². The molecule has 3 heterocycles. The first-order valence-corrected chi connectivity index (χ1v) is 11.7. The average Bonchev–Trinajstić information content (AvgIpc) is 3.29. The Hall–Kier alpha value is -3.00. The molecule has 156 valence electrons. The Balaban J connectivity index is 1.38. The standard InChI is InChI=1S/C22H23N3O4S/c26-21-13-17(14-25(21)20-9-11-30(28,29)15-20)22(27)24-19-6-3-4-16(12-19)7-8-18-5-1-2-10-23-18/h1-8,10,12,17,20H,9,11,13-15H2,(H,24,27)/b8-7+. The monoisotopic (exact) mass is 425 g/mol. The molecule has 2 aliphatic rings. The van der Waals surface area contributed by atoms with Crippen LogP contribution in [0.4, 0.5) is 5.69 Å². The van der Waals surface area contributed by atoms with Crippen molar-refractivity contribution in [2.45, 2.75) is 18.9 Å². The predicted molar refractivity (Wildman–Crippen MR) is 115 cm³/mol. The number of hydrogen-bond donors (Lipinski definition) is 1. The second-order valence-electron chi connectivity index (χ2n) is 7.71. The Morgan fingerprint density at radius 3 is 2.77 bits per heavy atom. The summed E-state index contributed by atoms with van der Waals surface area (Å²) in [4.78, 5) is 30.9. The first kappa shape index (κ1) is 20.3. The smallest absolute Gasteiger partial charge is 0.229 e. The van der Waals surface area contributed by atoms with Crippen molar-refractivity contribution >= 4 is 39.5 Å². The van der Waals surface area contributed by atoms with Gasteiger partial charge >= 0.3 is 0 Å². The number of anilines is 1. The SMILES string of the molecule is O=C(Nc1cccc(/C=C/c2ccccn2)c1)C1CC(=O)N(C2CCS(=O)(=O)C2)C1. The van der Waals surface area contributed by atoms with Gasteiger partial charge in [0.25, 0.3) is 0 Å². The fraction of sp³-hybridized carbons (Fsp3) is 0.318. The maximum Gasteiger partial charge on any atom is 0.229 e. The molecule has 7 nitrogen and oxygen atoms in total. The summed E-state index contributed by atoms with van der Waals surface area (Å²) >= 11 is 0. The molecule has 2 amide bonds. The lowest BCUT2D eigenvalue weighted by molar-refractivity contribution is -0.129. The second kappa shape index (κ2) is 8.39. The number of amides is 2. The minimum Gasteiger partial charge on any atom is -0.338 e. The molecule has 1 N–H and O–H groups in total. The Morgan fingerprint density at radius 2 is 2.03 bits per heavy atom. The van der Waals surface area contributed by atoms with Gasteiger partial charge in [-0.1, -0.05) is 24.3 Å². The first-order valence-electron chi connectivity index (χ1n) is 9.89. The maximum atomic E-state index is 12.7. The number of sulfone groups is 1. The fourth-order valence-electron chi connectivity index (χ4n) is 3.90. The van der Waals surface area contributed by atoms with E-state index in [1.165, 1.54) is 0 Å². The van der Waals surface area contributed by atoms with E-state index in [0.717, 1.165) is 11.3 Å². The summed E-state index contributed by atoms with van der Waals surface area (Å²) in [5, 5.41) is 2.88. The highest BCUT2D eigenvalue weighted by molar-refractivity contribution is 7.91. The summed E-state index contributed by atoms with van der Waals surface area (Å²) in [7, 11) is -3.08. The van der Waals surface area contributed by atoms with Gasteiger partial charge in [-0.25, -0.2) is 8.42 Å². The molecule has 0 saturated carbocycles. The Kier molecular flexibility index (Phi) is 5.67. The zero-order valence-corrected chi connectivity index (χ0v) is 17.2. The van der Waals surface area contributed by atoms with Crippen LogP contribution < -0.4 is 5.32 Å². The van der Waals surface area contributed by atoms with Crippen LogP contribution in [0, 0.1) is 5.92 Å². The normalized spacial score (nSPS) is 23.2. The third-order valence-corrected chi connectivity index (χ3v) is 7.22. The van der Waals surface area contributed by atoms with Gasteiger partial charge in [0.05, 0.1) is 23.1 Å². The summed E-state index contributed by atoms with van der Waals surface area (Å²) in [6.07, 6.45) is 6.10. The number of likely N-dealkylation sites (tertiary alicyclic amines) is 1. The van der Waals surface area contributed by atoms with Crippen molar-refractivity contribution in [1.29, 1.82) is 0 Å². The summed E-state index contributed by atoms with van der Waals surface area (Å²) in [6, 6.07) is 12.8. The van der Waals surface area contributed by atoms with Crippen molar-refractivity contribution in [3.63, 3.8) is 0 Å². The Labute approximate surface area is 175 Å². The van der Waals surface area contributed by atoms with E-state index in [2.05, 4.69) is 10.3 Å². The van der Waals surface area contributed by atoms with E-state index in [-0.39, 0.29) is 42.3 Å². The van der Waals surface area contributed by atoms with Crippen LogP contribution >= 0.6 is 0 Å². The van der Waals surface area contributed by atoms with Crippen LogP contribution in [0.15, 0.2) is 48.7 Å². The van der Waals surface area contributed by atoms with Crippen molar-refractivity contribution in [1.82, 2.24) is 9.88 Å². The molecule has 1 aromatic carbocycles. The van der Waals surface area contributed by atoms with Crippen LogP contribution in [0.5, 0.6) is 0 Å². The van der Waals surface area contributed by atoms with Crippen LogP contribution in [0.1, 0.15) is 24.1 Å². The molecule has 4 rings (SSSR count). The summed E-state index contributed by atoms with van der Waals surface area (Å²) in [5.74, 6) is -0.746. The summed E-state index contributed by atoms with van der Waals surface area (Å²) in [6.45, 7) is 0.268. The van der Waals surface area contributed by atoms with E-state index in [9.17, 15) is 18.0 Å². The van der Waals surface area contributed by atoms with Gasteiger partial charge in [0.2, 0.25) is 11.8 Å². The van der Waals surface area contributed by atoms with Crippen LogP contribution in [0.3, 0.4) is 0 Å². The first-order chi connectivity index (χ1) is 14.4. The lowest BCUT2D eigenvalue weighted by atomic mass is 10.1. The molecule has 2 aromatic rings. The molecule has 1 aromatic heterocycles. The Morgan fingerprint density at radius 1 is 1.17 bits per heavy atom. The number of aromatic nitrogens is 1. The van der Waals surface area contributed by atoms with Gasteiger partial charge in [-0.05, 0) is 42.3 Å². The molecular formula is C22H23N3O4S. The highest BCUT2D eigenvalue weighted by Crippen LogP contribution is 2.27. The van der Waals surface area contributed by atoms with Crippen LogP contribution in [-0.4, -0.2) is 54.2 Å². The van der Waals surface area contributed by atoms with E-state index >= 15 is 0 Å². The van der Waals surface area contributed by atoms with Gasteiger partial charge in [0.15, 0.2) is 9.84 Å². The molecule has 0 spiro atoms. The van der Waals surface area contributed by atoms with Crippen LogP contribution in [-0.2, 0) is 19.4 Å². The molecule has 2 atom stereocenters. The van der Waals surface area contributed by atoms with Crippen molar-refractivity contribution in [3.05, 3.63) is 59.9 Å². The highest BCUT2D eigenvalue weighted by atomic mass is 32.2. The minimum absolute atomic E-state index is 0.00225. The van der Waals surface area contributed by atoms with E-state index in [1.807, 2.05) is 48.6 Å². The number of carbonyl (C=O) groups excluding carboxylic acids is 2. The fourth-order valence-corrected chi connectivity index (χ4v) is 5.63. The van der Waals surface area contributed by atoms with E-state index in [0.29, 0.717) is 12.1 Å². The number of pyridine rings is 1. The van der Waals surface area contributed by atoms with Gasteiger partial charge < -0.3 is 10.2 Å². The number of nitrogens with zero attached hydrogens (tertiary/aromatic N) is 2. The van der Waals surface area contributed by atoms with Gasteiger partial charge in [-0.3, -0.25) is 14.6 Å². The molecular weight excluding hydrogens is 402 g/mol. The number of benzene rings is 1. The quantitative estimate of drug-likeness (QED) is 0.792. The third kappa shape index (κ3) is 4.76. The van der Waals surface area contributed by atoms with E-state index in [4.69, 9.17) is 0 Å². The molecule has 8 heteroatoms. The molecule has 0 aliphatic carbocycles. The third-order valence-electron chi connectivity index (χ3n) is 5.47. The number of nitrogens with one attached hydrogen (secondary N) is 1. The molecule has 2 fully saturated rings. The van der Waals surface area contributed by atoms with Crippen molar-refractivity contribution < 1.29 is 18.0 Å². The lowest BCUT2D eigenvalue weighted by Crippen LogP contribution is -2.38. The molecule has 0 radical (unpaired) electrons. The minimum atomic E-state index is -3.08. The van der Waals surface area contributed by atoms with Crippen molar-refractivity contribution in [2.24, 2.45) is 5.92 Å². The van der Waals surface area contributed by atoms with Gasteiger partial charge in [0.1, 0.15) is 0 Å². The molecule has 2 saturated heterocycles. The van der Waals surface area contributed by atoms with E-state index in [1.54, 1.807) is 17.2 Å². The largest absolute Gasteiger partial charge is 0.338 e. The molecule has 2 aliphatic heterocycles. The molecule has 0 bridgehead atoms. The lowest BCUT2D eigenvalue weighted by Gasteiger charge is -2.22. The van der Waals surface area contributed by atoms with Crippen molar-refractivity contribution in [2.75, 3.05) is 23.4 Å².